The van der Waals surface area contributed by atoms with Crippen LogP contribution in [0, 0.1) is 6.92 Å². The number of ether oxygens (including phenoxy) is 1. The molecule has 3 aromatic carbocycles. The first-order valence-electron chi connectivity index (χ1n) is 8.53. The molecule has 2 N–H and O–H groups in total. The first-order valence-corrected chi connectivity index (χ1v) is 10.0. The molecule has 0 saturated carbocycles. The average molecular weight is 396 g/mol. The number of nitrogens with one attached hydrogen (secondary N) is 2. The fourth-order valence-electron chi connectivity index (χ4n) is 2.73. The van der Waals surface area contributed by atoms with Gasteiger partial charge in [0.05, 0.1) is 18.4 Å². The van der Waals surface area contributed by atoms with E-state index < -0.39 is 15.9 Å². The molecule has 0 saturated heterocycles. The van der Waals surface area contributed by atoms with Gasteiger partial charge in [0.25, 0.3) is 15.9 Å². The molecule has 0 spiro atoms. The molecule has 28 heavy (non-hydrogen) atoms. The highest BCUT2D eigenvalue weighted by molar-refractivity contribution is 7.92. The number of carbonyl (C=O) groups is 1. The van der Waals surface area contributed by atoms with Crippen molar-refractivity contribution in [1.29, 1.82) is 0 Å². The number of anilines is 2. The lowest BCUT2D eigenvalue weighted by atomic mass is 10.1. The Morgan fingerprint density at radius 3 is 2.39 bits per heavy atom. The van der Waals surface area contributed by atoms with Crippen LogP contribution in [0.1, 0.15) is 15.9 Å². The van der Waals surface area contributed by atoms with Crippen LogP contribution in [0.2, 0.25) is 0 Å². The summed E-state index contributed by atoms with van der Waals surface area (Å²) in [4.78, 5) is 12.7. The van der Waals surface area contributed by atoms with Crippen LogP contribution in [0.5, 0.6) is 5.75 Å². The molecule has 0 radical (unpaired) electrons. The lowest BCUT2D eigenvalue weighted by Gasteiger charge is -2.14. The van der Waals surface area contributed by atoms with Crippen molar-refractivity contribution in [3.8, 4) is 5.75 Å². The van der Waals surface area contributed by atoms with Crippen molar-refractivity contribution < 1.29 is 17.9 Å². The summed E-state index contributed by atoms with van der Waals surface area (Å²) in [6, 6.07) is 20.1. The summed E-state index contributed by atoms with van der Waals surface area (Å²) in [6.45, 7) is 1.92. The van der Waals surface area contributed by atoms with E-state index >= 15 is 0 Å². The third-order valence-electron chi connectivity index (χ3n) is 4.05. The Balaban J connectivity index is 1.91. The van der Waals surface area contributed by atoms with E-state index in [1.807, 2.05) is 25.1 Å². The lowest BCUT2D eigenvalue weighted by molar-refractivity contribution is 0.102. The number of hydrogen-bond donors (Lipinski definition) is 2. The van der Waals surface area contributed by atoms with E-state index in [1.54, 1.807) is 42.5 Å². The van der Waals surface area contributed by atoms with Crippen molar-refractivity contribution in [2.75, 3.05) is 17.1 Å². The molecule has 0 aliphatic heterocycles. The fourth-order valence-corrected chi connectivity index (χ4v) is 3.98. The van der Waals surface area contributed by atoms with Gasteiger partial charge in [-0.1, -0.05) is 36.4 Å². The molecule has 0 bridgehead atoms. The van der Waals surface area contributed by atoms with Crippen molar-refractivity contribution >= 4 is 27.3 Å². The number of hydrogen-bond acceptors (Lipinski definition) is 4. The minimum Gasteiger partial charge on any atom is -0.495 e. The van der Waals surface area contributed by atoms with Gasteiger partial charge in [0, 0.05) is 5.69 Å². The molecule has 3 rings (SSSR count). The molecule has 3 aromatic rings. The molecule has 0 atom stereocenters. The molecule has 7 heteroatoms. The van der Waals surface area contributed by atoms with Gasteiger partial charge < -0.3 is 10.1 Å². The Kier molecular flexibility index (Phi) is 5.65. The minimum absolute atomic E-state index is 0.00797. The maximum Gasteiger partial charge on any atom is 0.265 e. The molecular formula is C21H20N2O4S. The zero-order valence-electron chi connectivity index (χ0n) is 15.5. The first-order chi connectivity index (χ1) is 13.4. The van der Waals surface area contributed by atoms with E-state index in [4.69, 9.17) is 4.74 Å². The second-order valence-corrected chi connectivity index (χ2v) is 7.78. The van der Waals surface area contributed by atoms with Crippen LogP contribution in [-0.4, -0.2) is 21.4 Å². The Morgan fingerprint density at radius 1 is 0.929 bits per heavy atom. The minimum atomic E-state index is -3.95. The fraction of sp³-hybridized carbons (Fsp3) is 0.0952. The quantitative estimate of drug-likeness (QED) is 0.658. The third kappa shape index (κ3) is 4.32. The number of amides is 1. The first kappa shape index (κ1) is 19.4. The topological polar surface area (TPSA) is 84.5 Å². The molecule has 1 amide bonds. The third-order valence-corrected chi connectivity index (χ3v) is 5.46. The number of sulfonamides is 1. The summed E-state index contributed by atoms with van der Waals surface area (Å²) in [5, 5.41) is 2.79. The van der Waals surface area contributed by atoms with Crippen LogP contribution < -0.4 is 14.8 Å². The summed E-state index contributed by atoms with van der Waals surface area (Å²) in [7, 11) is -2.55. The smallest absolute Gasteiger partial charge is 0.265 e. The highest BCUT2D eigenvalue weighted by Crippen LogP contribution is 2.27. The largest absolute Gasteiger partial charge is 0.495 e. The number of rotatable bonds is 6. The van der Waals surface area contributed by atoms with E-state index in [-0.39, 0.29) is 21.9 Å². The van der Waals surface area contributed by atoms with Crippen molar-refractivity contribution in [3.63, 3.8) is 0 Å². The van der Waals surface area contributed by atoms with Gasteiger partial charge in [-0.15, -0.1) is 0 Å². The van der Waals surface area contributed by atoms with Gasteiger partial charge in [0.15, 0.2) is 0 Å². The Labute approximate surface area is 164 Å². The SMILES string of the molecule is COc1ccccc1S(=O)(=O)Nc1ccccc1C(=O)Nc1cccc(C)c1. The van der Waals surface area contributed by atoms with Gasteiger partial charge in [0.2, 0.25) is 0 Å². The Bertz CT molecular complexity index is 1110. The highest BCUT2D eigenvalue weighted by Gasteiger charge is 2.22. The van der Waals surface area contributed by atoms with Crippen molar-refractivity contribution in [1.82, 2.24) is 0 Å². The number of methoxy groups -OCH3 is 1. The summed E-state index contributed by atoms with van der Waals surface area (Å²) in [5.41, 5.74) is 2.02. The van der Waals surface area contributed by atoms with E-state index in [0.717, 1.165) is 5.56 Å². The molecule has 0 aliphatic carbocycles. The molecule has 6 nitrogen and oxygen atoms in total. The number of carbonyl (C=O) groups excluding carboxylic acids is 1. The zero-order valence-corrected chi connectivity index (χ0v) is 16.3. The van der Waals surface area contributed by atoms with E-state index in [2.05, 4.69) is 10.0 Å². The normalized spacial score (nSPS) is 10.9. The predicted molar refractivity (Wildman–Crippen MR) is 109 cm³/mol. The molecular weight excluding hydrogens is 376 g/mol. The van der Waals surface area contributed by atoms with E-state index in [9.17, 15) is 13.2 Å². The molecule has 144 valence electrons. The monoisotopic (exact) mass is 396 g/mol. The summed E-state index contributed by atoms with van der Waals surface area (Å²) in [6.07, 6.45) is 0. The van der Waals surface area contributed by atoms with Crippen molar-refractivity contribution in [3.05, 3.63) is 83.9 Å². The van der Waals surface area contributed by atoms with Gasteiger partial charge >= 0.3 is 0 Å². The molecule has 0 aromatic heterocycles. The summed E-state index contributed by atoms with van der Waals surface area (Å²) in [5.74, 6) is -0.194. The summed E-state index contributed by atoms with van der Waals surface area (Å²) < 4.78 is 33.3. The number of aryl methyl sites for hydroxylation is 1. The van der Waals surface area contributed by atoms with Crippen molar-refractivity contribution in [2.45, 2.75) is 11.8 Å². The summed E-state index contributed by atoms with van der Waals surface area (Å²) >= 11 is 0. The number of benzene rings is 3. The zero-order chi connectivity index (χ0) is 20.1. The molecule has 0 aliphatic rings. The standard InChI is InChI=1S/C21H20N2O4S/c1-15-8-7-9-16(14-15)22-21(24)17-10-3-4-11-18(17)23-28(25,26)20-13-6-5-12-19(20)27-2/h3-14,23H,1-2H3,(H,22,24). The van der Waals surface area contributed by atoms with Crippen LogP contribution in [0.25, 0.3) is 0 Å². The average Bonchev–Trinajstić information content (AvgIpc) is 2.68. The van der Waals surface area contributed by atoms with E-state index in [1.165, 1.54) is 19.2 Å². The number of para-hydroxylation sites is 2. The lowest BCUT2D eigenvalue weighted by Crippen LogP contribution is -2.19. The van der Waals surface area contributed by atoms with Gasteiger partial charge in [-0.25, -0.2) is 8.42 Å². The predicted octanol–water partition coefficient (Wildman–Crippen LogP) is 4.06. The van der Waals surface area contributed by atoms with Crippen LogP contribution in [0.15, 0.2) is 77.7 Å². The van der Waals surface area contributed by atoms with Crippen molar-refractivity contribution in [2.24, 2.45) is 0 Å². The molecule has 0 fully saturated rings. The second kappa shape index (κ2) is 8.14. The van der Waals surface area contributed by atoms with Crippen LogP contribution in [0.3, 0.4) is 0 Å². The second-order valence-electron chi connectivity index (χ2n) is 6.13. The van der Waals surface area contributed by atoms with Crippen LogP contribution >= 0.6 is 0 Å². The maximum atomic E-state index is 12.8. The van der Waals surface area contributed by atoms with E-state index in [0.29, 0.717) is 5.69 Å². The van der Waals surface area contributed by atoms with Gasteiger partial charge in [-0.2, -0.15) is 0 Å². The van der Waals surface area contributed by atoms with Crippen LogP contribution in [0.4, 0.5) is 11.4 Å². The Hall–Kier alpha value is -3.32. The van der Waals surface area contributed by atoms with Gasteiger partial charge in [-0.3, -0.25) is 9.52 Å². The van der Waals surface area contributed by atoms with Crippen LogP contribution in [-0.2, 0) is 10.0 Å². The maximum absolute atomic E-state index is 12.8. The molecule has 0 unspecified atom stereocenters. The van der Waals surface area contributed by atoms with Gasteiger partial charge in [0.1, 0.15) is 10.6 Å². The highest BCUT2D eigenvalue weighted by atomic mass is 32.2. The van der Waals surface area contributed by atoms with Gasteiger partial charge in [-0.05, 0) is 48.9 Å². The molecule has 0 heterocycles. The Morgan fingerprint density at radius 2 is 1.64 bits per heavy atom.